The lowest BCUT2D eigenvalue weighted by atomic mass is 10.2. The van der Waals surface area contributed by atoms with Gasteiger partial charge in [0.1, 0.15) is 5.75 Å². The van der Waals surface area contributed by atoms with Gasteiger partial charge in [-0.2, -0.15) is 0 Å². The van der Waals surface area contributed by atoms with Crippen LogP contribution in [0.3, 0.4) is 0 Å². The Balaban J connectivity index is 2.23. The van der Waals surface area contributed by atoms with Gasteiger partial charge in [0.25, 0.3) is 0 Å². The number of benzene rings is 1. The fourth-order valence-electron chi connectivity index (χ4n) is 1.41. The van der Waals surface area contributed by atoms with Crippen LogP contribution in [0.2, 0.25) is 0 Å². The van der Waals surface area contributed by atoms with Crippen LogP contribution in [0, 0.1) is 13.8 Å². The largest absolute Gasteiger partial charge is 0.439 e. The minimum absolute atomic E-state index is 0.596. The lowest BCUT2D eigenvalue weighted by Crippen LogP contribution is -1.92. The van der Waals surface area contributed by atoms with Crippen molar-refractivity contribution in [3.8, 4) is 11.6 Å². The molecule has 0 saturated heterocycles. The molecule has 2 aromatic rings. The van der Waals surface area contributed by atoms with Crippen LogP contribution < -0.4 is 10.5 Å². The molecule has 1 aromatic carbocycles. The molecule has 16 heavy (non-hydrogen) atoms. The standard InChI is InChI=1S/C13H14N2O/c1-9-3-6-13(15-8-9)16-12-5-4-11(14)7-10(12)2/h3-8H,14H2,1-2H3. The number of pyridine rings is 1. The summed E-state index contributed by atoms with van der Waals surface area (Å²) in [6.45, 7) is 3.95. The van der Waals surface area contributed by atoms with Crippen molar-refractivity contribution in [1.82, 2.24) is 4.98 Å². The maximum absolute atomic E-state index is 5.67. The van der Waals surface area contributed by atoms with Crippen LogP contribution in [0.15, 0.2) is 36.5 Å². The first-order valence-electron chi connectivity index (χ1n) is 5.12. The van der Waals surface area contributed by atoms with Gasteiger partial charge in [0.15, 0.2) is 0 Å². The van der Waals surface area contributed by atoms with Gasteiger partial charge >= 0.3 is 0 Å². The molecule has 2 N–H and O–H groups in total. The molecule has 0 radical (unpaired) electrons. The van der Waals surface area contributed by atoms with E-state index in [2.05, 4.69) is 4.98 Å². The number of aryl methyl sites for hydroxylation is 2. The van der Waals surface area contributed by atoms with Crippen molar-refractivity contribution in [2.45, 2.75) is 13.8 Å². The van der Waals surface area contributed by atoms with Gasteiger partial charge in [-0.15, -0.1) is 0 Å². The molecule has 0 fully saturated rings. The van der Waals surface area contributed by atoms with E-state index >= 15 is 0 Å². The molecular formula is C13H14N2O. The molecule has 3 heteroatoms. The highest BCUT2D eigenvalue weighted by atomic mass is 16.5. The first-order valence-corrected chi connectivity index (χ1v) is 5.12. The van der Waals surface area contributed by atoms with E-state index in [-0.39, 0.29) is 0 Å². The molecule has 1 aromatic heterocycles. The Morgan fingerprint density at radius 2 is 1.94 bits per heavy atom. The zero-order valence-electron chi connectivity index (χ0n) is 9.40. The fraction of sp³-hybridized carbons (Fsp3) is 0.154. The van der Waals surface area contributed by atoms with Crippen molar-refractivity contribution in [1.29, 1.82) is 0 Å². The first kappa shape index (κ1) is 10.5. The van der Waals surface area contributed by atoms with Gasteiger partial charge in [0, 0.05) is 18.0 Å². The van der Waals surface area contributed by atoms with Crippen molar-refractivity contribution in [2.24, 2.45) is 0 Å². The topological polar surface area (TPSA) is 48.1 Å². The second-order valence-electron chi connectivity index (χ2n) is 3.80. The number of aromatic nitrogens is 1. The quantitative estimate of drug-likeness (QED) is 0.781. The number of nitrogens with zero attached hydrogens (tertiary/aromatic N) is 1. The van der Waals surface area contributed by atoms with Crippen LogP contribution in [-0.2, 0) is 0 Å². The Morgan fingerprint density at radius 3 is 2.56 bits per heavy atom. The van der Waals surface area contributed by atoms with Gasteiger partial charge < -0.3 is 10.5 Å². The summed E-state index contributed by atoms with van der Waals surface area (Å²) in [4.78, 5) is 4.18. The SMILES string of the molecule is Cc1ccc(Oc2ccc(N)cc2C)nc1. The molecule has 0 aliphatic rings. The smallest absolute Gasteiger partial charge is 0.219 e. The summed E-state index contributed by atoms with van der Waals surface area (Å²) < 4.78 is 5.65. The number of hydrogen-bond donors (Lipinski definition) is 1. The fourth-order valence-corrected chi connectivity index (χ4v) is 1.41. The predicted molar refractivity (Wildman–Crippen MR) is 64.6 cm³/mol. The molecule has 0 unspecified atom stereocenters. The van der Waals surface area contributed by atoms with Crippen LogP contribution in [0.5, 0.6) is 11.6 Å². The first-order chi connectivity index (χ1) is 7.65. The monoisotopic (exact) mass is 214 g/mol. The third-order valence-electron chi connectivity index (χ3n) is 2.30. The highest BCUT2D eigenvalue weighted by Gasteiger charge is 2.02. The zero-order chi connectivity index (χ0) is 11.5. The normalized spacial score (nSPS) is 10.1. The summed E-state index contributed by atoms with van der Waals surface area (Å²) in [7, 11) is 0. The molecule has 0 bridgehead atoms. The molecule has 0 aliphatic heterocycles. The average molecular weight is 214 g/mol. The molecule has 0 aliphatic carbocycles. The lowest BCUT2D eigenvalue weighted by molar-refractivity contribution is 0.459. The number of nitrogen functional groups attached to an aromatic ring is 1. The molecular weight excluding hydrogens is 200 g/mol. The summed E-state index contributed by atoms with van der Waals surface area (Å²) in [5.74, 6) is 1.38. The molecule has 0 spiro atoms. The van der Waals surface area contributed by atoms with Crippen LogP contribution in [-0.4, -0.2) is 4.98 Å². The van der Waals surface area contributed by atoms with E-state index in [4.69, 9.17) is 10.5 Å². The Labute approximate surface area is 94.9 Å². The Hall–Kier alpha value is -2.03. The van der Waals surface area contributed by atoms with E-state index in [1.54, 1.807) is 6.20 Å². The predicted octanol–water partition coefficient (Wildman–Crippen LogP) is 3.07. The van der Waals surface area contributed by atoms with Gasteiger partial charge in [0.05, 0.1) is 0 Å². The average Bonchev–Trinajstić information content (AvgIpc) is 2.25. The molecule has 3 nitrogen and oxygen atoms in total. The Bertz CT molecular complexity index is 492. The lowest BCUT2D eigenvalue weighted by Gasteiger charge is -2.08. The number of nitrogens with two attached hydrogens (primary N) is 1. The summed E-state index contributed by atoms with van der Waals surface area (Å²) in [6, 6.07) is 9.37. The van der Waals surface area contributed by atoms with Gasteiger partial charge in [-0.25, -0.2) is 4.98 Å². The van der Waals surface area contributed by atoms with Gasteiger partial charge in [-0.1, -0.05) is 6.07 Å². The summed E-state index contributed by atoms with van der Waals surface area (Å²) >= 11 is 0. The van der Waals surface area contributed by atoms with Crippen molar-refractivity contribution in [3.05, 3.63) is 47.7 Å². The number of ether oxygens (including phenoxy) is 1. The van der Waals surface area contributed by atoms with Crippen molar-refractivity contribution >= 4 is 5.69 Å². The van der Waals surface area contributed by atoms with Crippen LogP contribution in [0.4, 0.5) is 5.69 Å². The second kappa shape index (κ2) is 4.23. The number of rotatable bonds is 2. The molecule has 0 amide bonds. The van der Waals surface area contributed by atoms with Gasteiger partial charge in [-0.05, 0) is 43.2 Å². The summed E-state index contributed by atoms with van der Waals surface area (Å²) in [6.07, 6.45) is 1.78. The maximum Gasteiger partial charge on any atom is 0.219 e. The maximum atomic E-state index is 5.67. The molecule has 82 valence electrons. The van der Waals surface area contributed by atoms with E-state index in [1.165, 1.54) is 0 Å². The van der Waals surface area contributed by atoms with E-state index in [0.29, 0.717) is 5.88 Å². The van der Waals surface area contributed by atoms with E-state index in [9.17, 15) is 0 Å². The van der Waals surface area contributed by atoms with Crippen molar-refractivity contribution < 1.29 is 4.74 Å². The highest BCUT2D eigenvalue weighted by molar-refractivity contribution is 5.48. The molecule has 0 saturated carbocycles. The van der Waals surface area contributed by atoms with Crippen LogP contribution >= 0.6 is 0 Å². The zero-order valence-corrected chi connectivity index (χ0v) is 9.40. The Kier molecular flexibility index (Phi) is 2.77. The second-order valence-corrected chi connectivity index (χ2v) is 3.80. The van der Waals surface area contributed by atoms with Crippen molar-refractivity contribution in [2.75, 3.05) is 5.73 Å². The minimum atomic E-state index is 0.596. The molecule has 2 rings (SSSR count). The van der Waals surface area contributed by atoms with Crippen molar-refractivity contribution in [3.63, 3.8) is 0 Å². The van der Waals surface area contributed by atoms with Gasteiger partial charge in [-0.3, -0.25) is 0 Å². The summed E-state index contributed by atoms with van der Waals surface area (Å²) in [5.41, 5.74) is 8.52. The third-order valence-corrected chi connectivity index (χ3v) is 2.30. The van der Waals surface area contributed by atoms with E-state index in [1.807, 2.05) is 44.2 Å². The van der Waals surface area contributed by atoms with Crippen LogP contribution in [0.1, 0.15) is 11.1 Å². The van der Waals surface area contributed by atoms with E-state index < -0.39 is 0 Å². The third kappa shape index (κ3) is 2.31. The Morgan fingerprint density at radius 1 is 1.12 bits per heavy atom. The minimum Gasteiger partial charge on any atom is -0.439 e. The molecule has 1 heterocycles. The summed E-state index contributed by atoms with van der Waals surface area (Å²) in [5, 5.41) is 0. The molecule has 0 atom stereocenters. The number of hydrogen-bond acceptors (Lipinski definition) is 3. The highest BCUT2D eigenvalue weighted by Crippen LogP contribution is 2.25. The van der Waals surface area contributed by atoms with E-state index in [0.717, 1.165) is 22.6 Å². The number of anilines is 1. The van der Waals surface area contributed by atoms with Crippen LogP contribution in [0.25, 0.3) is 0 Å². The van der Waals surface area contributed by atoms with Gasteiger partial charge in [0.2, 0.25) is 5.88 Å².